The number of benzene rings is 3. The molecule has 0 fully saturated rings. The van der Waals surface area contributed by atoms with Gasteiger partial charge in [0.25, 0.3) is 0 Å². The molecule has 3 aromatic carbocycles. The predicted molar refractivity (Wildman–Crippen MR) is 112 cm³/mol. The molecule has 0 heterocycles. The van der Waals surface area contributed by atoms with E-state index in [0.29, 0.717) is 5.11 Å². The molecule has 0 bridgehead atoms. The lowest BCUT2D eigenvalue weighted by molar-refractivity contribution is 1.14. The largest absolute Gasteiger partial charge is 0.356 e. The first kappa shape index (κ1) is 17.0. The molecule has 0 atom stereocenters. The van der Waals surface area contributed by atoms with E-state index in [4.69, 9.17) is 12.2 Å². The van der Waals surface area contributed by atoms with E-state index in [1.54, 1.807) is 0 Å². The van der Waals surface area contributed by atoms with Crippen LogP contribution in [0.4, 0.5) is 22.7 Å². The minimum absolute atomic E-state index is 0.588. The van der Waals surface area contributed by atoms with Crippen LogP contribution in [-0.2, 0) is 6.42 Å². The van der Waals surface area contributed by atoms with Crippen molar-refractivity contribution in [2.24, 2.45) is 0 Å². The Bertz CT molecular complexity index is 829. The Kier molecular flexibility index (Phi) is 5.65. The first-order chi connectivity index (χ1) is 12.2. The highest BCUT2D eigenvalue weighted by Gasteiger charge is 2.03. The molecule has 0 saturated heterocycles. The number of para-hydroxylation sites is 2. The van der Waals surface area contributed by atoms with Crippen molar-refractivity contribution in [3.8, 4) is 0 Å². The van der Waals surface area contributed by atoms with Crippen LogP contribution >= 0.6 is 12.2 Å². The molecule has 0 aliphatic heterocycles. The minimum Gasteiger partial charge on any atom is -0.356 e. The summed E-state index contributed by atoms with van der Waals surface area (Å²) in [5.41, 5.74) is 5.34. The van der Waals surface area contributed by atoms with Crippen molar-refractivity contribution in [1.82, 2.24) is 0 Å². The smallest absolute Gasteiger partial charge is 0.175 e. The van der Waals surface area contributed by atoms with Gasteiger partial charge >= 0.3 is 0 Å². The number of rotatable bonds is 5. The zero-order valence-corrected chi connectivity index (χ0v) is 14.9. The molecule has 0 aliphatic carbocycles. The highest BCUT2D eigenvalue weighted by Crippen LogP contribution is 2.20. The summed E-state index contributed by atoms with van der Waals surface area (Å²) in [5, 5.41) is 10.4. The summed E-state index contributed by atoms with van der Waals surface area (Å²) in [7, 11) is 0. The summed E-state index contributed by atoms with van der Waals surface area (Å²) >= 11 is 5.43. The van der Waals surface area contributed by atoms with Gasteiger partial charge in [0.2, 0.25) is 0 Å². The third kappa shape index (κ3) is 4.81. The van der Waals surface area contributed by atoms with Crippen LogP contribution in [0, 0.1) is 0 Å². The van der Waals surface area contributed by atoms with Gasteiger partial charge in [0.05, 0.1) is 0 Å². The molecule has 0 amide bonds. The van der Waals surface area contributed by atoms with Crippen molar-refractivity contribution >= 4 is 40.1 Å². The third-order valence-electron chi connectivity index (χ3n) is 3.85. The summed E-state index contributed by atoms with van der Waals surface area (Å²) in [5.74, 6) is 0. The molecule has 4 heteroatoms. The predicted octanol–water partition coefficient (Wildman–Crippen LogP) is 5.80. The van der Waals surface area contributed by atoms with Gasteiger partial charge in [0, 0.05) is 22.7 Å². The van der Waals surface area contributed by atoms with E-state index in [2.05, 4.69) is 28.9 Å². The van der Waals surface area contributed by atoms with E-state index >= 15 is 0 Å². The third-order valence-corrected chi connectivity index (χ3v) is 4.06. The molecule has 0 aliphatic rings. The van der Waals surface area contributed by atoms with Crippen LogP contribution in [0.2, 0.25) is 0 Å². The second kappa shape index (κ2) is 8.31. The summed E-state index contributed by atoms with van der Waals surface area (Å²) in [6, 6.07) is 26.4. The topological polar surface area (TPSA) is 36.1 Å². The maximum absolute atomic E-state index is 5.43. The number of hydrogen-bond acceptors (Lipinski definition) is 2. The van der Waals surface area contributed by atoms with E-state index in [9.17, 15) is 0 Å². The first-order valence-corrected chi connectivity index (χ1v) is 8.73. The summed E-state index contributed by atoms with van der Waals surface area (Å²) < 4.78 is 0. The fourth-order valence-electron chi connectivity index (χ4n) is 2.56. The van der Waals surface area contributed by atoms with Crippen LogP contribution in [0.15, 0.2) is 78.9 Å². The SMILES string of the molecule is CCc1ccccc1NC(=S)Nc1ccc(Nc2ccccc2)cc1. The number of nitrogens with one attached hydrogen (secondary N) is 3. The van der Waals surface area contributed by atoms with Gasteiger partial charge in [-0.3, -0.25) is 0 Å². The average Bonchev–Trinajstić information content (AvgIpc) is 2.64. The van der Waals surface area contributed by atoms with Crippen LogP contribution in [0.3, 0.4) is 0 Å². The van der Waals surface area contributed by atoms with E-state index < -0.39 is 0 Å². The van der Waals surface area contributed by atoms with E-state index in [-0.39, 0.29) is 0 Å². The van der Waals surface area contributed by atoms with E-state index in [1.165, 1.54) is 5.56 Å². The molecule has 0 spiro atoms. The molecule has 3 nitrogen and oxygen atoms in total. The second-order valence-corrected chi connectivity index (χ2v) is 6.07. The Labute approximate surface area is 154 Å². The lowest BCUT2D eigenvalue weighted by Crippen LogP contribution is -2.19. The van der Waals surface area contributed by atoms with Crippen molar-refractivity contribution in [3.63, 3.8) is 0 Å². The monoisotopic (exact) mass is 347 g/mol. The van der Waals surface area contributed by atoms with Crippen molar-refractivity contribution in [1.29, 1.82) is 0 Å². The highest BCUT2D eigenvalue weighted by atomic mass is 32.1. The number of thiocarbonyl (C=S) groups is 1. The first-order valence-electron chi connectivity index (χ1n) is 8.32. The van der Waals surface area contributed by atoms with E-state index in [1.807, 2.05) is 72.8 Å². The Morgan fingerprint density at radius 2 is 1.32 bits per heavy atom. The molecular weight excluding hydrogens is 326 g/mol. The summed E-state index contributed by atoms with van der Waals surface area (Å²) in [6.45, 7) is 2.13. The van der Waals surface area contributed by atoms with Gasteiger partial charge in [0.1, 0.15) is 0 Å². The molecule has 3 aromatic rings. The summed E-state index contributed by atoms with van der Waals surface area (Å²) in [6.07, 6.45) is 0.964. The summed E-state index contributed by atoms with van der Waals surface area (Å²) in [4.78, 5) is 0. The van der Waals surface area contributed by atoms with Crippen LogP contribution in [0.5, 0.6) is 0 Å². The maximum atomic E-state index is 5.43. The minimum atomic E-state index is 0.588. The quantitative estimate of drug-likeness (QED) is 0.510. The van der Waals surface area contributed by atoms with Gasteiger partial charge < -0.3 is 16.0 Å². The number of hydrogen-bond donors (Lipinski definition) is 3. The van der Waals surface area contributed by atoms with E-state index in [0.717, 1.165) is 29.2 Å². The average molecular weight is 347 g/mol. The lowest BCUT2D eigenvalue weighted by Gasteiger charge is -2.14. The molecule has 3 N–H and O–H groups in total. The zero-order valence-electron chi connectivity index (χ0n) is 14.1. The Morgan fingerprint density at radius 1 is 0.720 bits per heavy atom. The van der Waals surface area contributed by atoms with Crippen LogP contribution in [-0.4, -0.2) is 5.11 Å². The zero-order chi connectivity index (χ0) is 17.5. The van der Waals surface area contributed by atoms with Gasteiger partial charge in [-0.25, -0.2) is 0 Å². The van der Waals surface area contributed by atoms with Gasteiger partial charge in [-0.1, -0.05) is 43.3 Å². The molecule has 126 valence electrons. The molecule has 0 radical (unpaired) electrons. The molecule has 0 aromatic heterocycles. The maximum Gasteiger partial charge on any atom is 0.175 e. The van der Waals surface area contributed by atoms with Crippen LogP contribution in [0.1, 0.15) is 12.5 Å². The molecule has 3 rings (SSSR count). The van der Waals surface area contributed by atoms with Gasteiger partial charge in [0.15, 0.2) is 5.11 Å². The molecule has 0 saturated carbocycles. The Balaban J connectivity index is 1.60. The number of anilines is 4. The van der Waals surface area contributed by atoms with Gasteiger partial charge in [-0.15, -0.1) is 0 Å². The van der Waals surface area contributed by atoms with Crippen LogP contribution in [0.25, 0.3) is 0 Å². The number of aryl methyl sites for hydroxylation is 1. The normalized spacial score (nSPS) is 10.1. The highest BCUT2D eigenvalue weighted by molar-refractivity contribution is 7.80. The van der Waals surface area contributed by atoms with Gasteiger partial charge in [-0.2, -0.15) is 0 Å². The molecule has 0 unspecified atom stereocenters. The van der Waals surface area contributed by atoms with Crippen molar-refractivity contribution in [3.05, 3.63) is 84.4 Å². The van der Waals surface area contributed by atoms with Gasteiger partial charge in [-0.05, 0) is 66.7 Å². The van der Waals surface area contributed by atoms with Crippen molar-refractivity contribution in [2.45, 2.75) is 13.3 Å². The van der Waals surface area contributed by atoms with Crippen molar-refractivity contribution < 1.29 is 0 Å². The fraction of sp³-hybridized carbons (Fsp3) is 0.0952. The standard InChI is InChI=1S/C21H21N3S/c1-2-16-8-6-7-11-20(16)24-21(25)23-19-14-12-18(13-15-19)22-17-9-4-3-5-10-17/h3-15,22H,2H2,1H3,(H2,23,24,25). The Hall–Kier alpha value is -2.85. The second-order valence-electron chi connectivity index (χ2n) is 5.66. The fourth-order valence-corrected chi connectivity index (χ4v) is 2.79. The van der Waals surface area contributed by atoms with Crippen LogP contribution < -0.4 is 16.0 Å². The van der Waals surface area contributed by atoms with Crippen molar-refractivity contribution in [2.75, 3.05) is 16.0 Å². The molecule has 25 heavy (non-hydrogen) atoms. The molecular formula is C21H21N3S. The lowest BCUT2D eigenvalue weighted by atomic mass is 10.1. The Morgan fingerprint density at radius 3 is 2.04 bits per heavy atom.